The number of hydrogen-bond acceptors (Lipinski definition) is 5. The molecule has 188 valence electrons. The third-order valence-corrected chi connectivity index (χ3v) is 5.77. The lowest BCUT2D eigenvalue weighted by molar-refractivity contribution is -0.120. The summed E-state index contributed by atoms with van der Waals surface area (Å²) in [4.78, 5) is 19.4. The van der Waals surface area contributed by atoms with Gasteiger partial charge in [0.25, 0.3) is 0 Å². The van der Waals surface area contributed by atoms with Crippen molar-refractivity contribution in [1.82, 2.24) is 10.2 Å². The van der Waals surface area contributed by atoms with Crippen molar-refractivity contribution in [2.75, 3.05) is 26.2 Å². The first-order valence-corrected chi connectivity index (χ1v) is 12.5. The number of carbonyl (C=O) groups excluding carboxylic acids is 1. The predicted octanol–water partition coefficient (Wildman–Crippen LogP) is 4.72. The maximum atomic E-state index is 12.2. The molecule has 0 aliphatic heterocycles. The Morgan fingerprint density at radius 2 is 2.03 bits per heavy atom. The molecule has 0 radical (unpaired) electrons. The molecule has 0 saturated carbocycles. The second kappa shape index (κ2) is 15.5. The number of nitrogens with zero attached hydrogens (tertiary/aromatic N) is 2. The normalized spacial score (nSPS) is 15.3. The molecule has 1 rings (SSSR count). The molecule has 7 heteroatoms. The minimum atomic E-state index is -1.55. The van der Waals surface area contributed by atoms with E-state index in [0.29, 0.717) is 25.1 Å². The van der Waals surface area contributed by atoms with Gasteiger partial charge in [-0.2, -0.15) is 0 Å². The smallest absolute Gasteiger partial charge is 0.247 e. The van der Waals surface area contributed by atoms with Gasteiger partial charge in [0.05, 0.1) is 6.54 Å². The Kier molecular flexibility index (Phi) is 13.6. The fourth-order valence-electron chi connectivity index (χ4n) is 3.16. The van der Waals surface area contributed by atoms with Crippen molar-refractivity contribution in [1.29, 1.82) is 0 Å². The second-order valence-electron chi connectivity index (χ2n) is 9.28. The molecule has 1 amide bonds. The number of nitrogens with one attached hydrogen (secondary N) is 1. The summed E-state index contributed by atoms with van der Waals surface area (Å²) in [7, 11) is 0. The Bertz CT molecular complexity index is 846. The number of aliphatic imine (C=N–C) groups is 1. The van der Waals surface area contributed by atoms with Crippen LogP contribution in [0, 0.1) is 5.41 Å². The van der Waals surface area contributed by atoms with Gasteiger partial charge in [0.15, 0.2) is 11.5 Å². The highest BCUT2D eigenvalue weighted by Crippen LogP contribution is 2.23. The number of amidine groups is 1. The van der Waals surface area contributed by atoms with Gasteiger partial charge in [0.1, 0.15) is 0 Å². The number of amides is 1. The van der Waals surface area contributed by atoms with Gasteiger partial charge in [-0.25, -0.2) is 0 Å². The minimum absolute atomic E-state index is 0.0804. The van der Waals surface area contributed by atoms with Crippen LogP contribution in [0.5, 0.6) is 0 Å². The van der Waals surface area contributed by atoms with E-state index in [9.17, 15) is 4.79 Å². The van der Waals surface area contributed by atoms with Crippen molar-refractivity contribution in [2.45, 2.75) is 53.2 Å². The van der Waals surface area contributed by atoms with Crippen LogP contribution in [0.25, 0.3) is 0 Å². The van der Waals surface area contributed by atoms with Crippen molar-refractivity contribution in [3.8, 4) is 0 Å². The van der Waals surface area contributed by atoms with Crippen molar-refractivity contribution in [3.63, 3.8) is 0 Å². The van der Waals surface area contributed by atoms with Crippen LogP contribution in [-0.4, -0.2) is 58.7 Å². The fraction of sp³-hybridized carbons (Fsp3) is 0.481. The molecule has 0 saturated heterocycles. The highest BCUT2D eigenvalue weighted by molar-refractivity contribution is 8.16. The monoisotopic (exact) mass is 487 g/mol. The Morgan fingerprint density at radius 1 is 1.29 bits per heavy atom. The van der Waals surface area contributed by atoms with Gasteiger partial charge in [-0.05, 0) is 37.0 Å². The number of hydrogen-bond donors (Lipinski definition) is 3. The van der Waals surface area contributed by atoms with Gasteiger partial charge in [0.2, 0.25) is 5.91 Å². The van der Waals surface area contributed by atoms with Gasteiger partial charge in [-0.1, -0.05) is 93.3 Å². The molecule has 0 aromatic heterocycles. The predicted molar refractivity (Wildman–Crippen MR) is 145 cm³/mol. The lowest BCUT2D eigenvalue weighted by Crippen LogP contribution is -2.34. The van der Waals surface area contributed by atoms with E-state index in [1.807, 2.05) is 30.6 Å². The van der Waals surface area contributed by atoms with Crippen LogP contribution in [0.4, 0.5) is 0 Å². The molecule has 1 aliphatic rings. The SMILES string of the molecule is C=C/C=C\C(=C/C)CCN(CC1=CC=C(C(=O)NCC(O)O)CC1)/C(=N/CC(C)(C)C)SC=C. The number of rotatable bonds is 12. The van der Waals surface area contributed by atoms with Gasteiger partial charge in [-0.3, -0.25) is 9.79 Å². The molecule has 0 aromatic carbocycles. The van der Waals surface area contributed by atoms with Crippen molar-refractivity contribution < 1.29 is 15.0 Å². The van der Waals surface area contributed by atoms with Crippen molar-refractivity contribution in [3.05, 3.63) is 71.7 Å². The Hall–Kier alpha value is -2.35. The highest BCUT2D eigenvalue weighted by Gasteiger charge is 2.19. The third-order valence-electron chi connectivity index (χ3n) is 5.00. The van der Waals surface area contributed by atoms with Crippen LogP contribution in [0.2, 0.25) is 0 Å². The standard InChI is InChI=1S/C27H41N3O3S/c1-7-10-11-21(8-2)16-17-30(26(34-9-3)29-20-27(4,5)6)19-22-12-14-23(15-13-22)25(33)28-18-24(31)32/h7-12,14,24,31-32H,1,3,13,15-20H2,2,4-6H3,(H,28,33)/b11-10-,21-8+,29-26-. The summed E-state index contributed by atoms with van der Waals surface area (Å²) in [6, 6.07) is 0. The molecule has 0 unspecified atom stereocenters. The van der Waals surface area contributed by atoms with Crippen LogP contribution >= 0.6 is 11.8 Å². The number of carbonyl (C=O) groups is 1. The summed E-state index contributed by atoms with van der Waals surface area (Å²) in [5.74, 6) is -0.262. The number of aliphatic hydroxyl groups is 2. The van der Waals surface area contributed by atoms with Crippen LogP contribution in [0.1, 0.15) is 47.0 Å². The lowest BCUT2D eigenvalue weighted by atomic mass is 9.97. The average molecular weight is 488 g/mol. The van der Waals surface area contributed by atoms with Crippen LogP contribution in [-0.2, 0) is 4.79 Å². The average Bonchev–Trinajstić information content (AvgIpc) is 2.79. The molecule has 3 N–H and O–H groups in total. The molecule has 0 aromatic rings. The number of allylic oxidation sites excluding steroid dienone is 6. The molecule has 1 aliphatic carbocycles. The van der Waals surface area contributed by atoms with Gasteiger partial charge in [-0.15, -0.1) is 0 Å². The second-order valence-corrected chi connectivity index (χ2v) is 10.2. The van der Waals surface area contributed by atoms with E-state index in [4.69, 9.17) is 15.2 Å². The number of aliphatic hydroxyl groups excluding tert-OH is 1. The summed E-state index contributed by atoms with van der Waals surface area (Å²) in [5.41, 5.74) is 3.17. The summed E-state index contributed by atoms with van der Waals surface area (Å²) >= 11 is 1.54. The molecule has 0 fully saturated rings. The Balaban J connectivity index is 3.07. The van der Waals surface area contributed by atoms with E-state index >= 15 is 0 Å². The lowest BCUT2D eigenvalue weighted by Gasteiger charge is -2.28. The van der Waals surface area contributed by atoms with Crippen molar-refractivity contribution >= 4 is 22.8 Å². The van der Waals surface area contributed by atoms with Gasteiger partial charge in [0, 0.05) is 25.2 Å². The first-order chi connectivity index (χ1) is 16.1. The highest BCUT2D eigenvalue weighted by atomic mass is 32.2. The van der Waals surface area contributed by atoms with Crippen LogP contribution < -0.4 is 5.32 Å². The van der Waals surface area contributed by atoms with E-state index in [1.165, 1.54) is 22.9 Å². The minimum Gasteiger partial charge on any atom is -0.367 e. The maximum absolute atomic E-state index is 12.2. The van der Waals surface area contributed by atoms with E-state index in [0.717, 1.165) is 24.6 Å². The summed E-state index contributed by atoms with van der Waals surface area (Å²) in [5, 5.41) is 23.2. The maximum Gasteiger partial charge on any atom is 0.247 e. The van der Waals surface area contributed by atoms with Crippen LogP contribution in [0.3, 0.4) is 0 Å². The zero-order chi connectivity index (χ0) is 25.6. The topological polar surface area (TPSA) is 85.2 Å². The molecule has 0 atom stereocenters. The molecular formula is C27H41N3O3S. The van der Waals surface area contributed by atoms with E-state index in [1.54, 1.807) is 6.08 Å². The summed E-state index contributed by atoms with van der Waals surface area (Å²) in [6.45, 7) is 18.3. The molecular weight excluding hydrogens is 446 g/mol. The third kappa shape index (κ3) is 12.2. The molecule has 34 heavy (non-hydrogen) atoms. The first kappa shape index (κ1) is 29.7. The van der Waals surface area contributed by atoms with Gasteiger partial charge < -0.3 is 20.4 Å². The van der Waals surface area contributed by atoms with E-state index in [2.05, 4.69) is 56.3 Å². The Labute approximate surface area is 209 Å². The molecule has 0 heterocycles. The number of thioether (sulfide) groups is 1. The molecule has 6 nitrogen and oxygen atoms in total. The fourth-order valence-corrected chi connectivity index (χ4v) is 3.75. The first-order valence-electron chi connectivity index (χ1n) is 11.6. The molecule has 0 bridgehead atoms. The van der Waals surface area contributed by atoms with E-state index in [-0.39, 0.29) is 17.9 Å². The zero-order valence-electron chi connectivity index (χ0n) is 21.1. The van der Waals surface area contributed by atoms with Crippen molar-refractivity contribution in [2.24, 2.45) is 10.4 Å². The van der Waals surface area contributed by atoms with E-state index < -0.39 is 6.29 Å². The zero-order valence-corrected chi connectivity index (χ0v) is 21.9. The Morgan fingerprint density at radius 3 is 2.56 bits per heavy atom. The molecule has 0 spiro atoms. The summed E-state index contributed by atoms with van der Waals surface area (Å²) < 4.78 is 0. The quantitative estimate of drug-likeness (QED) is 0.161. The summed E-state index contributed by atoms with van der Waals surface area (Å²) in [6.07, 6.45) is 12.4. The van der Waals surface area contributed by atoms with Crippen LogP contribution in [0.15, 0.2) is 76.7 Å². The van der Waals surface area contributed by atoms with Gasteiger partial charge >= 0.3 is 0 Å². The largest absolute Gasteiger partial charge is 0.367 e.